The van der Waals surface area contributed by atoms with Crippen LogP contribution in [0.2, 0.25) is 0 Å². The van der Waals surface area contributed by atoms with E-state index in [4.69, 9.17) is 4.42 Å². The number of hydrogen-bond donors (Lipinski definition) is 0. The first-order valence-electron chi connectivity index (χ1n) is 6.79. The van der Waals surface area contributed by atoms with Crippen molar-refractivity contribution in [2.45, 2.75) is 6.92 Å². The molecule has 3 heterocycles. The molecule has 2 radical (unpaired) electrons. The van der Waals surface area contributed by atoms with Gasteiger partial charge in [0.25, 0.3) is 0 Å². The minimum atomic E-state index is 0. The van der Waals surface area contributed by atoms with Crippen LogP contribution in [-0.4, -0.2) is 14.4 Å². The second-order valence-electron chi connectivity index (χ2n) is 5.11. The zero-order chi connectivity index (χ0) is 14.0. The van der Waals surface area contributed by atoms with Gasteiger partial charge in [0.2, 0.25) is 11.4 Å². The van der Waals surface area contributed by atoms with Gasteiger partial charge in [-0.1, -0.05) is 29.0 Å². The summed E-state index contributed by atoms with van der Waals surface area (Å²) >= 11 is 0. The summed E-state index contributed by atoms with van der Waals surface area (Å²) in [6.45, 7) is 1.84. The molecule has 0 aliphatic carbocycles. The number of pyridine rings is 1. The van der Waals surface area contributed by atoms with Crippen LogP contribution < -0.4 is 0 Å². The second-order valence-corrected chi connectivity index (χ2v) is 5.11. The summed E-state index contributed by atoms with van der Waals surface area (Å²) in [7, 11) is 0. The topological polar surface area (TPSA) is 43.3 Å². The molecule has 0 amide bonds. The summed E-state index contributed by atoms with van der Waals surface area (Å²) in [5.41, 5.74) is 3.24. The molecule has 0 aliphatic rings. The fourth-order valence-corrected chi connectivity index (χ4v) is 3.00. The van der Waals surface area contributed by atoms with Gasteiger partial charge in [-0.15, -0.1) is 24.3 Å². The van der Waals surface area contributed by atoms with Crippen molar-refractivity contribution in [1.29, 1.82) is 0 Å². The van der Waals surface area contributed by atoms with Gasteiger partial charge in [-0.3, -0.25) is 4.98 Å². The molecule has 24 heavy (non-hydrogen) atoms. The molecular weight excluding hydrogens is 555 g/mol. The van der Waals surface area contributed by atoms with Crippen molar-refractivity contribution in [3.05, 3.63) is 61.8 Å². The van der Waals surface area contributed by atoms with Gasteiger partial charge in [-0.25, -0.2) is 0 Å². The van der Waals surface area contributed by atoms with Crippen LogP contribution in [0.5, 0.6) is 0 Å². The average Bonchev–Trinajstić information content (AvgIpc) is 3.03. The average molecular weight is 568 g/mol. The third kappa shape index (κ3) is 2.55. The van der Waals surface area contributed by atoms with Crippen molar-refractivity contribution in [3.8, 4) is 0 Å². The molecule has 0 saturated carbocycles. The van der Waals surface area contributed by atoms with Crippen molar-refractivity contribution in [2.75, 3.05) is 0 Å². The molecule has 0 N–H and O–H groups in total. The molecule has 2 aromatic carbocycles. The molecule has 120 valence electrons. The maximum Gasteiger partial charge on any atom is 0.244 e. The van der Waals surface area contributed by atoms with Crippen LogP contribution in [0.25, 0.3) is 38.7 Å². The van der Waals surface area contributed by atoms with Crippen LogP contribution in [0.4, 0.5) is 0 Å². The van der Waals surface area contributed by atoms with E-state index < -0.39 is 0 Å². The summed E-state index contributed by atoms with van der Waals surface area (Å²) in [5, 5.41) is 3.29. The van der Waals surface area contributed by atoms with Crippen LogP contribution in [0.15, 0.2) is 46.9 Å². The number of rotatable bonds is 0. The molecule has 6 heteroatoms. The van der Waals surface area contributed by atoms with Crippen LogP contribution in [0, 0.1) is 20.4 Å². The fraction of sp³-hybridized carbons (Fsp3) is 0.0556. The van der Waals surface area contributed by atoms with Crippen molar-refractivity contribution >= 4 is 38.7 Å². The number of fused-ring (bicyclic) bond motifs is 8. The molecule has 5 aromatic rings. The Morgan fingerprint density at radius 3 is 2.62 bits per heavy atom. The number of benzene rings is 2. The second kappa shape index (κ2) is 7.01. The minimum absolute atomic E-state index is 0. The standard InChI is InChI=1S/C17H10N3O.CH3.Ir.Y/c1-10-18-15-17(21-10)20-14-9-5-4-7-12(14)11-6-2-3-8-13(11)16(20)19-15;;;/h2-7,9H,1H3;1H3;;/q2*-1;;. The predicted molar refractivity (Wildman–Crippen MR) is 87.8 cm³/mol. The monoisotopic (exact) mass is 569 g/mol. The Morgan fingerprint density at radius 2 is 1.79 bits per heavy atom. The van der Waals surface area contributed by atoms with Crippen molar-refractivity contribution < 1.29 is 57.2 Å². The van der Waals surface area contributed by atoms with Crippen molar-refractivity contribution in [1.82, 2.24) is 14.4 Å². The molecule has 0 aliphatic heterocycles. The molecule has 0 unspecified atom stereocenters. The fourth-order valence-electron chi connectivity index (χ4n) is 3.00. The number of aryl methyl sites for hydroxylation is 1. The maximum atomic E-state index is 5.75. The Balaban J connectivity index is 0.000000694. The van der Waals surface area contributed by atoms with E-state index in [1.807, 2.05) is 35.6 Å². The summed E-state index contributed by atoms with van der Waals surface area (Å²) in [6, 6.07) is 17.6. The van der Waals surface area contributed by atoms with Gasteiger partial charge in [0.1, 0.15) is 0 Å². The number of imidazole rings is 1. The van der Waals surface area contributed by atoms with E-state index in [-0.39, 0.29) is 60.2 Å². The zero-order valence-corrected chi connectivity index (χ0v) is 18.4. The van der Waals surface area contributed by atoms with Crippen LogP contribution >= 0.6 is 0 Å². The van der Waals surface area contributed by atoms with E-state index in [1.165, 1.54) is 0 Å². The van der Waals surface area contributed by atoms with E-state index in [2.05, 4.69) is 34.2 Å². The van der Waals surface area contributed by atoms with Gasteiger partial charge < -0.3 is 16.2 Å². The van der Waals surface area contributed by atoms with Gasteiger partial charge in [-0.05, 0) is 11.5 Å². The van der Waals surface area contributed by atoms with Gasteiger partial charge in [0.15, 0.2) is 5.89 Å². The Bertz CT molecular complexity index is 1130. The number of nitrogens with zero attached hydrogens (tertiary/aromatic N) is 3. The first-order chi connectivity index (χ1) is 10.3. The van der Waals surface area contributed by atoms with Gasteiger partial charge in [0.05, 0.1) is 5.65 Å². The van der Waals surface area contributed by atoms with E-state index in [0.717, 1.165) is 27.3 Å². The normalized spacial score (nSPS) is 10.5. The summed E-state index contributed by atoms with van der Waals surface area (Å²) in [4.78, 5) is 8.99. The van der Waals surface area contributed by atoms with E-state index in [0.29, 0.717) is 17.3 Å². The molecule has 0 atom stereocenters. The van der Waals surface area contributed by atoms with Gasteiger partial charge in [-0.2, -0.15) is 4.98 Å². The largest absolute Gasteiger partial charge is 0.423 e. The molecule has 0 saturated heterocycles. The molecule has 0 spiro atoms. The Labute approximate surface area is 177 Å². The number of hydrogen-bond acceptors (Lipinski definition) is 3. The van der Waals surface area contributed by atoms with Crippen LogP contribution in [0.3, 0.4) is 0 Å². The Kier molecular flexibility index (Phi) is 5.61. The van der Waals surface area contributed by atoms with Gasteiger partial charge >= 0.3 is 0 Å². The molecule has 5 rings (SSSR count). The first kappa shape index (κ1) is 19.2. The number of aromatic nitrogens is 3. The minimum Gasteiger partial charge on any atom is -0.423 e. The summed E-state index contributed by atoms with van der Waals surface area (Å²) in [6.07, 6.45) is 0. The third-order valence-electron chi connectivity index (χ3n) is 3.84. The molecular formula is C18H13IrN3OY-2. The smallest absolute Gasteiger partial charge is 0.244 e. The molecule has 0 bridgehead atoms. The van der Waals surface area contributed by atoms with Crippen LogP contribution in [0.1, 0.15) is 5.89 Å². The third-order valence-corrected chi connectivity index (χ3v) is 3.84. The van der Waals surface area contributed by atoms with E-state index in [9.17, 15) is 0 Å². The molecule has 0 fully saturated rings. The molecule has 3 aromatic heterocycles. The summed E-state index contributed by atoms with van der Waals surface area (Å²) in [5.74, 6) is 0.628. The number of oxazole rings is 1. The number of para-hydroxylation sites is 1. The SMILES string of the molecule is Cc1nc2nc3c4[c-]cccc4c4ccccc4n3c2o1.[CH3-].[Ir].[Y]. The Morgan fingerprint density at radius 1 is 1.04 bits per heavy atom. The Hall–Kier alpha value is -1.13. The van der Waals surface area contributed by atoms with Crippen LogP contribution in [-0.2, 0) is 52.8 Å². The summed E-state index contributed by atoms with van der Waals surface area (Å²) < 4.78 is 7.78. The molecule has 4 nitrogen and oxygen atoms in total. The van der Waals surface area contributed by atoms with Gasteiger partial charge in [0, 0.05) is 65.3 Å². The van der Waals surface area contributed by atoms with Crippen molar-refractivity contribution in [2.24, 2.45) is 0 Å². The maximum absolute atomic E-state index is 5.75. The van der Waals surface area contributed by atoms with E-state index in [1.54, 1.807) is 0 Å². The predicted octanol–water partition coefficient (Wildman–Crippen LogP) is 4.34. The van der Waals surface area contributed by atoms with E-state index >= 15 is 0 Å². The quantitative estimate of drug-likeness (QED) is 0.206. The first-order valence-corrected chi connectivity index (χ1v) is 6.79. The zero-order valence-electron chi connectivity index (χ0n) is 13.2. The van der Waals surface area contributed by atoms with Crippen molar-refractivity contribution in [3.63, 3.8) is 0 Å².